The zero-order chi connectivity index (χ0) is 7.52. The lowest BCUT2D eigenvalue weighted by atomic mass is 10.2. The Morgan fingerprint density at radius 3 is 3.27 bits per heavy atom. The Morgan fingerprint density at radius 2 is 2.64 bits per heavy atom. The molecule has 1 aromatic heterocycles. The lowest BCUT2D eigenvalue weighted by molar-refractivity contribution is -0.746. The number of aromatic amines is 1. The monoisotopic (exact) mass is 148 g/mol. The average Bonchev–Trinajstić information content (AvgIpc) is 2.60. The van der Waals surface area contributed by atoms with Crippen molar-refractivity contribution >= 4 is 0 Å². The number of rotatable bonds is 2. The van der Waals surface area contributed by atoms with Gasteiger partial charge in [-0.2, -0.15) is 4.68 Å². The molecule has 1 heterocycles. The normalized spacial score (nSPS) is 15.5. The first-order valence-electron chi connectivity index (χ1n) is 3.68. The summed E-state index contributed by atoms with van der Waals surface area (Å²) in [5, 5.41) is 6.72. The van der Waals surface area contributed by atoms with Crippen molar-refractivity contribution in [1.29, 1.82) is 0 Å². The second-order valence-electron chi connectivity index (χ2n) is 2.61. The molecule has 0 atom stereocenters. The minimum Gasteiger partial charge on any atom is -0.159 e. The summed E-state index contributed by atoms with van der Waals surface area (Å²) < 4.78 is 1.96. The molecule has 0 radical (unpaired) electrons. The van der Waals surface area contributed by atoms with Crippen LogP contribution in [0.1, 0.15) is 6.42 Å². The Labute approximate surface area is 65.0 Å². The van der Waals surface area contributed by atoms with Gasteiger partial charge in [-0.25, -0.2) is 0 Å². The van der Waals surface area contributed by atoms with Gasteiger partial charge in [0.25, 0.3) is 0 Å². The first-order valence-corrected chi connectivity index (χ1v) is 3.68. The highest BCUT2D eigenvalue weighted by molar-refractivity contribution is 5.21. The van der Waals surface area contributed by atoms with E-state index in [4.69, 9.17) is 0 Å². The second-order valence-corrected chi connectivity index (χ2v) is 2.61. The van der Waals surface area contributed by atoms with E-state index in [9.17, 15) is 0 Å². The lowest BCUT2D eigenvalue weighted by Crippen LogP contribution is -2.35. The molecule has 1 aliphatic rings. The van der Waals surface area contributed by atoms with Crippen LogP contribution in [0, 0.1) is 0 Å². The quantitative estimate of drug-likeness (QED) is 0.611. The number of H-pyrrole nitrogens is 1. The molecule has 0 bridgehead atoms. The number of aromatic nitrogens is 3. The molecule has 3 nitrogen and oxygen atoms in total. The van der Waals surface area contributed by atoms with Crippen LogP contribution in [0.5, 0.6) is 0 Å². The van der Waals surface area contributed by atoms with Gasteiger partial charge in [0.2, 0.25) is 6.20 Å². The molecule has 0 aromatic carbocycles. The molecule has 11 heavy (non-hydrogen) atoms. The zero-order valence-electron chi connectivity index (χ0n) is 6.20. The fourth-order valence-corrected chi connectivity index (χ4v) is 1.17. The maximum absolute atomic E-state index is 3.85. The van der Waals surface area contributed by atoms with Crippen LogP contribution in [-0.2, 0) is 6.54 Å². The van der Waals surface area contributed by atoms with Crippen LogP contribution in [-0.4, -0.2) is 10.3 Å². The van der Waals surface area contributed by atoms with Crippen LogP contribution in [0.25, 0.3) is 0 Å². The molecule has 0 aliphatic heterocycles. The van der Waals surface area contributed by atoms with Gasteiger partial charge in [0, 0.05) is 5.10 Å². The third-order valence-corrected chi connectivity index (χ3v) is 1.73. The molecule has 0 unspecified atom stereocenters. The van der Waals surface area contributed by atoms with E-state index in [1.807, 2.05) is 10.9 Å². The average molecular weight is 148 g/mol. The van der Waals surface area contributed by atoms with Gasteiger partial charge in [-0.05, 0) is 12.0 Å². The molecular weight excluding hydrogens is 138 g/mol. The predicted octanol–water partition coefficient (Wildman–Crippen LogP) is 0.583. The van der Waals surface area contributed by atoms with Crippen molar-refractivity contribution in [3.63, 3.8) is 0 Å². The summed E-state index contributed by atoms with van der Waals surface area (Å²) in [7, 11) is 0. The molecule has 0 spiro atoms. The Bertz CT molecular complexity index is 282. The number of nitrogens with zero attached hydrogens (tertiary/aromatic N) is 2. The first-order chi connectivity index (χ1) is 5.45. The van der Waals surface area contributed by atoms with Gasteiger partial charge < -0.3 is 0 Å². The molecule has 1 N–H and O–H groups in total. The molecule has 3 heteroatoms. The fraction of sp³-hybridized carbons (Fsp3) is 0.250. The summed E-state index contributed by atoms with van der Waals surface area (Å²) >= 11 is 0. The van der Waals surface area contributed by atoms with E-state index in [0.29, 0.717) is 0 Å². The molecule has 56 valence electrons. The summed E-state index contributed by atoms with van der Waals surface area (Å²) in [5.74, 6) is 0. The lowest BCUT2D eigenvalue weighted by Gasteiger charge is -1.94. The number of hydrogen-bond acceptors (Lipinski definition) is 1. The van der Waals surface area contributed by atoms with E-state index < -0.39 is 0 Å². The van der Waals surface area contributed by atoms with Crippen LogP contribution in [0.4, 0.5) is 0 Å². The molecule has 1 aliphatic carbocycles. The van der Waals surface area contributed by atoms with Gasteiger partial charge in [-0.15, -0.1) is 0 Å². The van der Waals surface area contributed by atoms with Crippen LogP contribution in [0.2, 0.25) is 0 Å². The van der Waals surface area contributed by atoms with E-state index >= 15 is 0 Å². The van der Waals surface area contributed by atoms with E-state index in [1.165, 1.54) is 5.57 Å². The predicted molar refractivity (Wildman–Crippen MR) is 40.6 cm³/mol. The minimum absolute atomic E-state index is 0.924. The van der Waals surface area contributed by atoms with Crippen molar-refractivity contribution < 1.29 is 4.68 Å². The zero-order valence-corrected chi connectivity index (χ0v) is 6.20. The summed E-state index contributed by atoms with van der Waals surface area (Å²) in [6, 6.07) is 0. The van der Waals surface area contributed by atoms with Gasteiger partial charge in [0.05, 0.1) is 0 Å². The van der Waals surface area contributed by atoms with Crippen molar-refractivity contribution in [3.8, 4) is 0 Å². The third-order valence-electron chi connectivity index (χ3n) is 1.73. The van der Waals surface area contributed by atoms with Gasteiger partial charge in [-0.1, -0.05) is 23.4 Å². The van der Waals surface area contributed by atoms with Crippen LogP contribution in [0.3, 0.4) is 0 Å². The molecule has 0 saturated carbocycles. The van der Waals surface area contributed by atoms with E-state index in [2.05, 4.69) is 28.5 Å². The number of allylic oxidation sites excluding steroid dienone is 4. The third kappa shape index (κ3) is 1.37. The van der Waals surface area contributed by atoms with Crippen molar-refractivity contribution in [2.24, 2.45) is 0 Å². The highest BCUT2D eigenvalue weighted by atomic mass is 15.4. The van der Waals surface area contributed by atoms with Crippen LogP contribution < -0.4 is 4.68 Å². The molecule has 2 rings (SSSR count). The SMILES string of the molecule is C1=CCC(C[n+]2ccn[nH]2)=C1. The Hall–Kier alpha value is -1.38. The standard InChI is InChI=1S/C8H9N3/c1-2-4-8(3-1)7-11-6-5-9-10-11/h1-3,5-6H,4,7H2/p+1. The minimum atomic E-state index is 0.924. The summed E-state index contributed by atoms with van der Waals surface area (Å²) in [5.41, 5.74) is 1.42. The van der Waals surface area contributed by atoms with Crippen molar-refractivity contribution in [2.75, 3.05) is 0 Å². The summed E-state index contributed by atoms with van der Waals surface area (Å²) in [6.07, 6.45) is 11.2. The Balaban J connectivity index is 2.02. The second kappa shape index (κ2) is 2.70. The molecule has 0 fully saturated rings. The fourth-order valence-electron chi connectivity index (χ4n) is 1.17. The molecule has 1 aromatic rings. The summed E-state index contributed by atoms with van der Waals surface area (Å²) in [4.78, 5) is 0. The largest absolute Gasteiger partial charge is 0.206 e. The van der Waals surface area contributed by atoms with Gasteiger partial charge >= 0.3 is 0 Å². The van der Waals surface area contributed by atoms with Gasteiger partial charge in [0.1, 0.15) is 6.54 Å². The van der Waals surface area contributed by atoms with Crippen LogP contribution >= 0.6 is 0 Å². The molecule has 0 saturated heterocycles. The van der Waals surface area contributed by atoms with Gasteiger partial charge in [-0.3, -0.25) is 0 Å². The highest BCUT2D eigenvalue weighted by Crippen LogP contribution is 2.08. The maximum Gasteiger partial charge on any atom is 0.206 e. The Kier molecular flexibility index (Phi) is 1.55. The van der Waals surface area contributed by atoms with E-state index in [-0.39, 0.29) is 0 Å². The molecule has 0 amide bonds. The smallest absolute Gasteiger partial charge is 0.159 e. The topological polar surface area (TPSA) is 32.6 Å². The van der Waals surface area contributed by atoms with Gasteiger partial charge in [0.15, 0.2) is 6.20 Å². The first kappa shape index (κ1) is 6.34. The number of hydrogen-bond donors (Lipinski definition) is 1. The van der Waals surface area contributed by atoms with E-state index in [1.54, 1.807) is 6.20 Å². The van der Waals surface area contributed by atoms with Crippen LogP contribution in [0.15, 0.2) is 36.2 Å². The Morgan fingerprint density at radius 1 is 1.64 bits per heavy atom. The van der Waals surface area contributed by atoms with Crippen molar-refractivity contribution in [1.82, 2.24) is 10.3 Å². The summed E-state index contributed by atoms with van der Waals surface area (Å²) in [6.45, 7) is 0.924. The maximum atomic E-state index is 3.85. The van der Waals surface area contributed by atoms with E-state index in [0.717, 1.165) is 13.0 Å². The van der Waals surface area contributed by atoms with Crippen molar-refractivity contribution in [3.05, 3.63) is 36.2 Å². The number of nitrogens with one attached hydrogen (secondary N) is 1. The highest BCUT2D eigenvalue weighted by Gasteiger charge is 2.03. The molecular formula is C8H10N3+. The van der Waals surface area contributed by atoms with Crippen molar-refractivity contribution in [2.45, 2.75) is 13.0 Å².